The van der Waals surface area contributed by atoms with Crippen LogP contribution in [0.15, 0.2) is 30.7 Å². The maximum Gasteiger partial charge on any atom is 0.275 e. The number of imidazole rings is 1. The predicted octanol–water partition coefficient (Wildman–Crippen LogP) is 1.71. The Morgan fingerprint density at radius 3 is 2.63 bits per heavy atom. The van der Waals surface area contributed by atoms with E-state index in [1.165, 1.54) is 0 Å². The number of rotatable bonds is 4. The molecule has 0 aliphatic carbocycles. The molecule has 0 spiro atoms. The van der Waals surface area contributed by atoms with Crippen LogP contribution in [0.25, 0.3) is 0 Å². The van der Waals surface area contributed by atoms with E-state index < -0.39 is 0 Å². The molecule has 5 nitrogen and oxygen atoms in total. The molecule has 2 aromatic rings. The number of nitrogens with one attached hydrogen (secondary N) is 1. The van der Waals surface area contributed by atoms with Crippen LogP contribution in [0.2, 0.25) is 0 Å². The van der Waals surface area contributed by atoms with Crippen LogP contribution in [-0.2, 0) is 6.54 Å². The lowest BCUT2D eigenvalue weighted by Crippen LogP contribution is -2.13. The summed E-state index contributed by atoms with van der Waals surface area (Å²) < 4.78 is 1.80. The number of nitrogens with two attached hydrogens (primary N) is 1. The van der Waals surface area contributed by atoms with Gasteiger partial charge in [0.05, 0.1) is 6.33 Å². The summed E-state index contributed by atoms with van der Waals surface area (Å²) in [6.45, 7) is 5.18. The molecule has 0 radical (unpaired) electrons. The van der Waals surface area contributed by atoms with Gasteiger partial charge in [-0.05, 0) is 37.1 Å². The fraction of sp³-hybridized carbons (Fsp3) is 0.286. The van der Waals surface area contributed by atoms with Crippen LogP contribution in [0.1, 0.15) is 21.6 Å². The third-order valence-corrected chi connectivity index (χ3v) is 2.73. The van der Waals surface area contributed by atoms with E-state index in [4.69, 9.17) is 5.73 Å². The minimum Gasteiger partial charge on any atom is -0.335 e. The molecular weight excluding hydrogens is 240 g/mol. The van der Waals surface area contributed by atoms with Gasteiger partial charge in [-0.3, -0.25) is 4.79 Å². The molecule has 1 heterocycles. The van der Waals surface area contributed by atoms with Gasteiger partial charge in [0.1, 0.15) is 5.69 Å². The van der Waals surface area contributed by atoms with Crippen molar-refractivity contribution in [2.45, 2.75) is 20.4 Å². The Morgan fingerprint density at radius 1 is 1.32 bits per heavy atom. The third-order valence-electron chi connectivity index (χ3n) is 2.73. The molecule has 19 heavy (non-hydrogen) atoms. The standard InChI is InChI=1S/C14H18N4O/c1-10-5-11(2)7-12(6-10)17-14(19)13-8-18(4-3-15)9-16-13/h5-9H,3-4,15H2,1-2H3,(H,17,19). The Bertz CT molecular complexity index is 569. The van der Waals surface area contributed by atoms with E-state index in [1.54, 1.807) is 17.1 Å². The van der Waals surface area contributed by atoms with E-state index >= 15 is 0 Å². The number of anilines is 1. The van der Waals surface area contributed by atoms with E-state index in [1.807, 2.05) is 26.0 Å². The second-order valence-electron chi connectivity index (χ2n) is 4.62. The zero-order valence-electron chi connectivity index (χ0n) is 11.2. The highest BCUT2D eigenvalue weighted by Gasteiger charge is 2.09. The molecule has 2 rings (SSSR count). The van der Waals surface area contributed by atoms with Crippen LogP contribution < -0.4 is 11.1 Å². The largest absolute Gasteiger partial charge is 0.335 e. The number of carbonyl (C=O) groups excluding carboxylic acids is 1. The van der Waals surface area contributed by atoms with Gasteiger partial charge in [-0.25, -0.2) is 4.98 Å². The van der Waals surface area contributed by atoms with E-state index in [2.05, 4.69) is 16.4 Å². The third kappa shape index (κ3) is 3.42. The first-order valence-electron chi connectivity index (χ1n) is 6.20. The van der Waals surface area contributed by atoms with Crippen LogP contribution in [0.5, 0.6) is 0 Å². The Kier molecular flexibility index (Phi) is 3.97. The molecular formula is C14H18N4O. The molecule has 0 fully saturated rings. The first-order valence-corrected chi connectivity index (χ1v) is 6.20. The minimum absolute atomic E-state index is 0.208. The van der Waals surface area contributed by atoms with Crippen LogP contribution in [0.3, 0.4) is 0 Å². The van der Waals surface area contributed by atoms with E-state index in [0.29, 0.717) is 18.8 Å². The second-order valence-corrected chi connectivity index (χ2v) is 4.62. The van der Waals surface area contributed by atoms with Crippen molar-refractivity contribution in [3.8, 4) is 0 Å². The van der Waals surface area contributed by atoms with Crippen molar-refractivity contribution in [3.05, 3.63) is 47.5 Å². The monoisotopic (exact) mass is 258 g/mol. The fourth-order valence-corrected chi connectivity index (χ4v) is 1.99. The number of aromatic nitrogens is 2. The van der Waals surface area contributed by atoms with Gasteiger partial charge < -0.3 is 15.6 Å². The van der Waals surface area contributed by atoms with Crippen LogP contribution >= 0.6 is 0 Å². The molecule has 3 N–H and O–H groups in total. The number of hydrogen-bond acceptors (Lipinski definition) is 3. The first-order chi connectivity index (χ1) is 9.08. The Morgan fingerprint density at radius 2 is 2.00 bits per heavy atom. The highest BCUT2D eigenvalue weighted by molar-refractivity contribution is 6.02. The Hall–Kier alpha value is -2.14. The Labute approximate surface area is 112 Å². The number of benzene rings is 1. The van der Waals surface area contributed by atoms with Crippen LogP contribution in [0, 0.1) is 13.8 Å². The van der Waals surface area contributed by atoms with E-state index in [-0.39, 0.29) is 5.91 Å². The van der Waals surface area contributed by atoms with Gasteiger partial charge in [0.25, 0.3) is 5.91 Å². The lowest BCUT2D eigenvalue weighted by atomic mass is 10.1. The van der Waals surface area contributed by atoms with Crippen molar-refractivity contribution in [3.63, 3.8) is 0 Å². The molecule has 0 aliphatic rings. The maximum atomic E-state index is 12.0. The van der Waals surface area contributed by atoms with Crippen molar-refractivity contribution in [1.29, 1.82) is 0 Å². The van der Waals surface area contributed by atoms with Crippen LogP contribution in [-0.4, -0.2) is 22.0 Å². The molecule has 0 bridgehead atoms. The quantitative estimate of drug-likeness (QED) is 0.876. The van der Waals surface area contributed by atoms with Gasteiger partial charge in [-0.1, -0.05) is 6.07 Å². The number of carbonyl (C=O) groups is 1. The molecule has 100 valence electrons. The molecule has 1 aromatic heterocycles. The lowest BCUT2D eigenvalue weighted by molar-refractivity contribution is 0.102. The van der Waals surface area contributed by atoms with E-state index in [9.17, 15) is 4.79 Å². The number of aryl methyl sites for hydroxylation is 2. The molecule has 0 unspecified atom stereocenters. The van der Waals surface area contributed by atoms with Crippen molar-refractivity contribution >= 4 is 11.6 Å². The first kappa shape index (κ1) is 13.3. The van der Waals surface area contributed by atoms with Gasteiger partial charge in [-0.15, -0.1) is 0 Å². The molecule has 0 aliphatic heterocycles. The molecule has 0 saturated heterocycles. The minimum atomic E-state index is -0.208. The topological polar surface area (TPSA) is 72.9 Å². The van der Waals surface area contributed by atoms with E-state index in [0.717, 1.165) is 16.8 Å². The number of amides is 1. The smallest absolute Gasteiger partial charge is 0.275 e. The highest BCUT2D eigenvalue weighted by atomic mass is 16.1. The van der Waals surface area contributed by atoms with Gasteiger partial charge in [0, 0.05) is 25.0 Å². The summed E-state index contributed by atoms with van der Waals surface area (Å²) in [6, 6.07) is 5.93. The predicted molar refractivity (Wildman–Crippen MR) is 75.2 cm³/mol. The summed E-state index contributed by atoms with van der Waals surface area (Å²) in [5.41, 5.74) is 8.87. The second kappa shape index (κ2) is 5.67. The van der Waals surface area contributed by atoms with Crippen molar-refractivity contribution in [1.82, 2.24) is 9.55 Å². The van der Waals surface area contributed by atoms with Gasteiger partial charge in [0.15, 0.2) is 0 Å². The lowest BCUT2D eigenvalue weighted by Gasteiger charge is -2.06. The van der Waals surface area contributed by atoms with Gasteiger partial charge in [-0.2, -0.15) is 0 Å². The number of nitrogens with zero attached hydrogens (tertiary/aromatic N) is 2. The summed E-state index contributed by atoms with van der Waals surface area (Å²) in [4.78, 5) is 16.1. The average molecular weight is 258 g/mol. The molecule has 1 aromatic carbocycles. The molecule has 0 saturated carbocycles. The molecule has 0 atom stereocenters. The Balaban J connectivity index is 2.11. The summed E-state index contributed by atoms with van der Waals surface area (Å²) in [6.07, 6.45) is 3.31. The summed E-state index contributed by atoms with van der Waals surface area (Å²) in [7, 11) is 0. The zero-order valence-corrected chi connectivity index (χ0v) is 11.2. The summed E-state index contributed by atoms with van der Waals surface area (Å²) in [5.74, 6) is -0.208. The molecule has 5 heteroatoms. The maximum absolute atomic E-state index is 12.0. The summed E-state index contributed by atoms with van der Waals surface area (Å²) >= 11 is 0. The van der Waals surface area contributed by atoms with Crippen molar-refractivity contribution in [2.75, 3.05) is 11.9 Å². The SMILES string of the molecule is Cc1cc(C)cc(NC(=O)c2cn(CCN)cn2)c1. The van der Waals surface area contributed by atoms with Gasteiger partial charge >= 0.3 is 0 Å². The highest BCUT2D eigenvalue weighted by Crippen LogP contribution is 2.14. The average Bonchev–Trinajstić information content (AvgIpc) is 2.76. The molecule has 1 amide bonds. The van der Waals surface area contributed by atoms with Gasteiger partial charge in [0.2, 0.25) is 0 Å². The number of hydrogen-bond donors (Lipinski definition) is 2. The van der Waals surface area contributed by atoms with Crippen LogP contribution in [0.4, 0.5) is 5.69 Å². The fourth-order valence-electron chi connectivity index (χ4n) is 1.99. The van der Waals surface area contributed by atoms with Crippen molar-refractivity contribution in [2.24, 2.45) is 5.73 Å². The summed E-state index contributed by atoms with van der Waals surface area (Å²) in [5, 5.41) is 2.85. The normalized spacial score (nSPS) is 10.5. The zero-order chi connectivity index (χ0) is 13.8. The van der Waals surface area contributed by atoms with Crippen molar-refractivity contribution < 1.29 is 4.79 Å².